The summed E-state index contributed by atoms with van der Waals surface area (Å²) in [5, 5.41) is 19.5. The summed E-state index contributed by atoms with van der Waals surface area (Å²) in [5.74, 6) is -0.209. The average Bonchev–Trinajstić information content (AvgIpc) is 2.79. The summed E-state index contributed by atoms with van der Waals surface area (Å²) in [4.78, 5) is 13.6. The van der Waals surface area contributed by atoms with Crippen molar-refractivity contribution in [2.24, 2.45) is 0 Å². The van der Waals surface area contributed by atoms with Crippen LogP contribution in [0.3, 0.4) is 0 Å². The van der Waals surface area contributed by atoms with Crippen LogP contribution in [0.4, 0.5) is 5.82 Å². The molecule has 0 saturated carbocycles. The van der Waals surface area contributed by atoms with Crippen molar-refractivity contribution in [3.05, 3.63) is 22.6 Å². The second-order valence-electron chi connectivity index (χ2n) is 3.93. The van der Waals surface area contributed by atoms with Crippen LogP contribution in [0.5, 0.6) is 0 Å². The highest BCUT2D eigenvalue weighted by Crippen LogP contribution is 2.18. The zero-order valence-electron chi connectivity index (χ0n) is 9.87. The van der Waals surface area contributed by atoms with Crippen LogP contribution in [-0.4, -0.2) is 14.5 Å². The topological polar surface area (TPSA) is 84.8 Å². The zero-order chi connectivity index (χ0) is 12.7. The fourth-order valence-corrected chi connectivity index (χ4v) is 1.64. The molecular formula is C11H16N4O2. The molecule has 0 aromatic carbocycles. The first-order valence-corrected chi connectivity index (χ1v) is 5.76. The average molecular weight is 236 g/mol. The third kappa shape index (κ3) is 3.87. The molecule has 0 aliphatic carbocycles. The van der Waals surface area contributed by atoms with E-state index in [0.717, 1.165) is 25.7 Å². The SMILES string of the molecule is CCCCCCC(C#N)n1cnc([N+](=O)[O-])c1. The van der Waals surface area contributed by atoms with Gasteiger partial charge in [-0.3, -0.25) is 4.57 Å². The fourth-order valence-electron chi connectivity index (χ4n) is 1.64. The van der Waals surface area contributed by atoms with Gasteiger partial charge in [0.05, 0.1) is 6.07 Å². The van der Waals surface area contributed by atoms with Gasteiger partial charge in [-0.2, -0.15) is 5.26 Å². The van der Waals surface area contributed by atoms with Crippen molar-refractivity contribution in [2.45, 2.75) is 45.1 Å². The van der Waals surface area contributed by atoms with Crippen molar-refractivity contribution in [1.29, 1.82) is 5.26 Å². The number of unbranched alkanes of at least 4 members (excludes halogenated alkanes) is 3. The Balaban J connectivity index is 2.54. The predicted octanol–water partition coefficient (Wildman–Crippen LogP) is 2.83. The minimum Gasteiger partial charge on any atom is -0.358 e. The van der Waals surface area contributed by atoms with E-state index in [1.54, 1.807) is 0 Å². The molecule has 0 fully saturated rings. The van der Waals surface area contributed by atoms with E-state index in [9.17, 15) is 10.1 Å². The lowest BCUT2D eigenvalue weighted by Gasteiger charge is -2.08. The summed E-state index contributed by atoms with van der Waals surface area (Å²) < 4.78 is 1.52. The summed E-state index contributed by atoms with van der Waals surface area (Å²) in [6.45, 7) is 2.13. The van der Waals surface area contributed by atoms with E-state index < -0.39 is 4.92 Å². The normalized spacial score (nSPS) is 12.0. The highest BCUT2D eigenvalue weighted by molar-refractivity contribution is 5.14. The number of aromatic nitrogens is 2. The molecule has 1 atom stereocenters. The van der Waals surface area contributed by atoms with Gasteiger partial charge in [0.2, 0.25) is 6.33 Å². The third-order valence-corrected chi connectivity index (χ3v) is 2.61. The standard InChI is InChI=1S/C11H16N4O2/c1-2-3-4-5-6-10(7-12)14-8-11(13-9-14)15(16)17/h8-10H,2-6H2,1H3. The molecule has 92 valence electrons. The highest BCUT2D eigenvalue weighted by atomic mass is 16.6. The molecule has 1 heterocycles. The number of nitriles is 1. The first-order valence-electron chi connectivity index (χ1n) is 5.76. The van der Waals surface area contributed by atoms with Gasteiger partial charge in [0, 0.05) is 0 Å². The first kappa shape index (κ1) is 13.2. The molecule has 0 aliphatic rings. The van der Waals surface area contributed by atoms with Crippen LogP contribution in [-0.2, 0) is 0 Å². The molecule has 17 heavy (non-hydrogen) atoms. The monoisotopic (exact) mass is 236 g/mol. The number of rotatable bonds is 7. The molecular weight excluding hydrogens is 220 g/mol. The van der Waals surface area contributed by atoms with Gasteiger partial charge in [-0.15, -0.1) is 0 Å². The first-order chi connectivity index (χ1) is 8.19. The Kier molecular flexibility index (Phi) is 5.14. The molecule has 6 heteroatoms. The maximum atomic E-state index is 10.5. The highest BCUT2D eigenvalue weighted by Gasteiger charge is 2.16. The molecule has 1 rings (SSSR count). The Morgan fingerprint density at radius 1 is 1.59 bits per heavy atom. The van der Waals surface area contributed by atoms with Crippen LogP contribution in [0, 0.1) is 21.4 Å². The molecule has 1 aromatic rings. The Morgan fingerprint density at radius 3 is 2.88 bits per heavy atom. The molecule has 0 aliphatic heterocycles. The van der Waals surface area contributed by atoms with Crippen molar-refractivity contribution >= 4 is 5.82 Å². The Morgan fingerprint density at radius 2 is 2.35 bits per heavy atom. The molecule has 0 spiro atoms. The molecule has 0 saturated heterocycles. The molecule has 0 radical (unpaired) electrons. The van der Waals surface area contributed by atoms with E-state index in [0.29, 0.717) is 6.42 Å². The van der Waals surface area contributed by atoms with Crippen molar-refractivity contribution in [2.75, 3.05) is 0 Å². The minimum absolute atomic E-state index is 0.209. The lowest BCUT2D eigenvalue weighted by Crippen LogP contribution is -2.04. The summed E-state index contributed by atoms with van der Waals surface area (Å²) >= 11 is 0. The third-order valence-electron chi connectivity index (χ3n) is 2.61. The van der Waals surface area contributed by atoms with Gasteiger partial charge in [-0.05, 0) is 16.3 Å². The Hall–Kier alpha value is -1.90. The van der Waals surface area contributed by atoms with Crippen LogP contribution < -0.4 is 0 Å². The van der Waals surface area contributed by atoms with Gasteiger partial charge in [0.1, 0.15) is 12.2 Å². The van der Waals surface area contributed by atoms with Crippen LogP contribution in [0.1, 0.15) is 45.1 Å². The van der Waals surface area contributed by atoms with Gasteiger partial charge >= 0.3 is 5.82 Å². The Labute approximate surface area is 100 Å². The summed E-state index contributed by atoms with van der Waals surface area (Å²) in [6, 6.07) is 1.79. The lowest BCUT2D eigenvalue weighted by molar-refractivity contribution is -0.389. The van der Waals surface area contributed by atoms with Crippen LogP contribution in [0.25, 0.3) is 0 Å². The second kappa shape index (κ2) is 6.63. The lowest BCUT2D eigenvalue weighted by atomic mass is 10.1. The van der Waals surface area contributed by atoms with E-state index in [-0.39, 0.29) is 11.9 Å². The van der Waals surface area contributed by atoms with Crippen molar-refractivity contribution in [3.8, 4) is 6.07 Å². The van der Waals surface area contributed by atoms with Crippen LogP contribution in [0.15, 0.2) is 12.5 Å². The van der Waals surface area contributed by atoms with Crippen molar-refractivity contribution < 1.29 is 4.92 Å². The van der Waals surface area contributed by atoms with E-state index >= 15 is 0 Å². The van der Waals surface area contributed by atoms with Gasteiger partial charge in [0.15, 0.2) is 0 Å². The number of hydrogen-bond donors (Lipinski definition) is 0. The molecule has 1 aromatic heterocycles. The van der Waals surface area contributed by atoms with E-state index in [2.05, 4.69) is 18.0 Å². The van der Waals surface area contributed by atoms with E-state index in [4.69, 9.17) is 5.26 Å². The molecule has 0 amide bonds. The fraction of sp³-hybridized carbons (Fsp3) is 0.636. The summed E-state index contributed by atoms with van der Waals surface area (Å²) in [7, 11) is 0. The van der Waals surface area contributed by atoms with Gasteiger partial charge < -0.3 is 10.1 Å². The van der Waals surface area contributed by atoms with Crippen molar-refractivity contribution in [1.82, 2.24) is 9.55 Å². The van der Waals surface area contributed by atoms with Gasteiger partial charge in [0.25, 0.3) is 0 Å². The maximum absolute atomic E-state index is 10.5. The quantitative estimate of drug-likeness (QED) is 0.414. The number of nitro groups is 1. The molecule has 6 nitrogen and oxygen atoms in total. The molecule has 0 N–H and O–H groups in total. The molecule has 0 bridgehead atoms. The molecule has 1 unspecified atom stereocenters. The number of hydrogen-bond acceptors (Lipinski definition) is 4. The minimum atomic E-state index is -0.554. The van der Waals surface area contributed by atoms with Crippen LogP contribution in [0.2, 0.25) is 0 Å². The summed E-state index contributed by atoms with van der Waals surface area (Å²) in [6.07, 6.45) is 7.73. The van der Waals surface area contributed by atoms with Gasteiger partial charge in [-0.25, -0.2) is 0 Å². The summed E-state index contributed by atoms with van der Waals surface area (Å²) in [5.41, 5.74) is 0. The second-order valence-corrected chi connectivity index (χ2v) is 3.93. The zero-order valence-corrected chi connectivity index (χ0v) is 9.87. The Bertz CT molecular complexity index is 408. The number of nitrogens with zero attached hydrogens (tertiary/aromatic N) is 4. The van der Waals surface area contributed by atoms with Crippen LogP contribution >= 0.6 is 0 Å². The van der Waals surface area contributed by atoms with E-state index in [1.807, 2.05) is 0 Å². The van der Waals surface area contributed by atoms with Gasteiger partial charge in [-0.1, -0.05) is 32.6 Å². The largest absolute Gasteiger partial charge is 0.381 e. The van der Waals surface area contributed by atoms with E-state index in [1.165, 1.54) is 17.1 Å². The predicted molar refractivity (Wildman–Crippen MR) is 62.3 cm³/mol. The smallest absolute Gasteiger partial charge is 0.358 e. The number of imidazole rings is 1. The van der Waals surface area contributed by atoms with Crippen molar-refractivity contribution in [3.63, 3.8) is 0 Å². The maximum Gasteiger partial charge on any atom is 0.381 e.